The van der Waals surface area contributed by atoms with Crippen molar-refractivity contribution in [3.63, 3.8) is 0 Å². The van der Waals surface area contributed by atoms with Crippen LogP contribution in [0.5, 0.6) is 0 Å². The first-order chi connectivity index (χ1) is 13.0. The molecule has 2 heterocycles. The molecule has 1 amide bonds. The molecule has 1 aliphatic heterocycles. The lowest BCUT2D eigenvalue weighted by Gasteiger charge is -2.23. The predicted octanol–water partition coefficient (Wildman–Crippen LogP) is 2.94. The molecule has 2 aromatic rings. The molecule has 142 valence electrons. The van der Waals surface area contributed by atoms with Gasteiger partial charge in [0.05, 0.1) is 31.4 Å². The van der Waals surface area contributed by atoms with Gasteiger partial charge in [0.15, 0.2) is 0 Å². The summed E-state index contributed by atoms with van der Waals surface area (Å²) < 4.78 is 6.09. The first-order valence-electron chi connectivity index (χ1n) is 8.31. The molecule has 1 aromatic heterocycles. The van der Waals surface area contributed by atoms with E-state index in [2.05, 4.69) is 15.9 Å². The number of aliphatic hydroxyl groups is 2. The Morgan fingerprint density at radius 1 is 1.19 bits per heavy atom. The van der Waals surface area contributed by atoms with Crippen LogP contribution >= 0.6 is 27.3 Å². The van der Waals surface area contributed by atoms with Crippen LogP contribution in [0.15, 0.2) is 51.8 Å². The zero-order valence-electron chi connectivity index (χ0n) is 14.3. The number of amides is 1. The van der Waals surface area contributed by atoms with Gasteiger partial charge in [0, 0.05) is 21.5 Å². The van der Waals surface area contributed by atoms with Gasteiger partial charge in [-0.15, -0.1) is 11.3 Å². The number of hydrogen-bond acceptors (Lipinski definition) is 6. The standard InChI is InChI=1S/C19H18BrNO5S/c20-13-5-3-12(4-6-13)17(23)15-16(14-2-1-11-27-14)21(19(25)18(15)24)7-9-26-10-8-22/h1-6,11,16,22-23H,7-10H2. The van der Waals surface area contributed by atoms with Crippen molar-refractivity contribution in [2.75, 3.05) is 26.4 Å². The average molecular weight is 452 g/mol. The molecular formula is C19H18BrNO5S. The third-order valence-electron chi connectivity index (χ3n) is 4.18. The van der Waals surface area contributed by atoms with Crippen molar-refractivity contribution in [1.82, 2.24) is 4.90 Å². The smallest absolute Gasteiger partial charge is 0.295 e. The first kappa shape index (κ1) is 19.8. The highest BCUT2D eigenvalue weighted by atomic mass is 79.9. The Balaban J connectivity index is 2.00. The number of nitrogens with zero attached hydrogens (tertiary/aromatic N) is 1. The molecule has 1 unspecified atom stereocenters. The zero-order valence-corrected chi connectivity index (χ0v) is 16.7. The van der Waals surface area contributed by atoms with Gasteiger partial charge in [0.1, 0.15) is 5.76 Å². The van der Waals surface area contributed by atoms with E-state index in [0.717, 1.165) is 9.35 Å². The van der Waals surface area contributed by atoms with E-state index in [1.807, 2.05) is 17.5 Å². The monoisotopic (exact) mass is 451 g/mol. The second-order valence-corrected chi connectivity index (χ2v) is 7.75. The van der Waals surface area contributed by atoms with Gasteiger partial charge in [-0.3, -0.25) is 9.59 Å². The molecule has 1 saturated heterocycles. The lowest BCUT2D eigenvalue weighted by Crippen LogP contribution is -2.32. The van der Waals surface area contributed by atoms with Crippen molar-refractivity contribution in [2.45, 2.75) is 6.04 Å². The van der Waals surface area contributed by atoms with Crippen LogP contribution in [0.1, 0.15) is 16.5 Å². The molecular weight excluding hydrogens is 434 g/mol. The van der Waals surface area contributed by atoms with E-state index in [9.17, 15) is 14.7 Å². The molecule has 3 rings (SSSR count). The van der Waals surface area contributed by atoms with E-state index >= 15 is 0 Å². The zero-order chi connectivity index (χ0) is 19.4. The molecule has 2 N–H and O–H groups in total. The van der Waals surface area contributed by atoms with Crippen LogP contribution in [0.2, 0.25) is 0 Å². The second kappa shape index (κ2) is 8.79. The van der Waals surface area contributed by atoms with Crippen molar-refractivity contribution in [2.24, 2.45) is 0 Å². The van der Waals surface area contributed by atoms with Crippen LogP contribution in [0.3, 0.4) is 0 Å². The largest absolute Gasteiger partial charge is 0.507 e. The van der Waals surface area contributed by atoms with Gasteiger partial charge >= 0.3 is 0 Å². The van der Waals surface area contributed by atoms with Crippen LogP contribution in [0.25, 0.3) is 5.76 Å². The van der Waals surface area contributed by atoms with Crippen LogP contribution in [0, 0.1) is 0 Å². The Kier molecular flexibility index (Phi) is 6.43. The summed E-state index contributed by atoms with van der Waals surface area (Å²) in [6.07, 6.45) is 0. The lowest BCUT2D eigenvalue weighted by molar-refractivity contribution is -0.140. The summed E-state index contributed by atoms with van der Waals surface area (Å²) in [6.45, 7) is 0.418. The number of likely N-dealkylation sites (tertiary alicyclic amines) is 1. The van der Waals surface area contributed by atoms with Gasteiger partial charge in [-0.25, -0.2) is 0 Å². The highest BCUT2D eigenvalue weighted by Gasteiger charge is 2.46. The van der Waals surface area contributed by atoms with E-state index in [4.69, 9.17) is 9.84 Å². The molecule has 8 heteroatoms. The fourth-order valence-electron chi connectivity index (χ4n) is 2.95. The maximum absolute atomic E-state index is 12.7. The van der Waals surface area contributed by atoms with Crippen LogP contribution in [-0.4, -0.2) is 53.2 Å². The first-order valence-corrected chi connectivity index (χ1v) is 9.98. The van der Waals surface area contributed by atoms with E-state index in [1.54, 1.807) is 24.3 Å². The quantitative estimate of drug-likeness (QED) is 0.292. The minimum Gasteiger partial charge on any atom is -0.507 e. The minimum absolute atomic E-state index is 0.0759. The number of rotatable bonds is 7. The Morgan fingerprint density at radius 3 is 2.56 bits per heavy atom. The molecule has 1 aliphatic rings. The number of carbonyl (C=O) groups excluding carboxylic acids is 2. The van der Waals surface area contributed by atoms with Crippen LogP contribution < -0.4 is 0 Å². The molecule has 0 radical (unpaired) electrons. The van der Waals surface area contributed by atoms with Crippen molar-refractivity contribution >= 4 is 44.7 Å². The summed E-state index contributed by atoms with van der Waals surface area (Å²) in [5.41, 5.74) is 0.543. The maximum Gasteiger partial charge on any atom is 0.295 e. The van der Waals surface area contributed by atoms with Crippen molar-refractivity contribution in [3.8, 4) is 0 Å². The Labute approximate surface area is 168 Å². The van der Waals surface area contributed by atoms with Gasteiger partial charge in [-0.2, -0.15) is 0 Å². The third-order valence-corrected chi connectivity index (χ3v) is 5.64. The van der Waals surface area contributed by atoms with Gasteiger partial charge in [0.25, 0.3) is 11.7 Å². The molecule has 6 nitrogen and oxygen atoms in total. The second-order valence-electron chi connectivity index (χ2n) is 5.85. The molecule has 0 saturated carbocycles. The number of ether oxygens (including phenoxy) is 1. The molecule has 0 spiro atoms. The third kappa shape index (κ3) is 4.14. The summed E-state index contributed by atoms with van der Waals surface area (Å²) in [6, 6.07) is 9.89. The van der Waals surface area contributed by atoms with Gasteiger partial charge < -0.3 is 19.8 Å². The van der Waals surface area contributed by atoms with E-state index in [0.29, 0.717) is 5.56 Å². The fourth-order valence-corrected chi connectivity index (χ4v) is 4.06. The number of carbonyl (C=O) groups is 2. The Bertz CT molecular complexity index is 847. The van der Waals surface area contributed by atoms with Crippen molar-refractivity contribution in [1.29, 1.82) is 0 Å². The molecule has 27 heavy (non-hydrogen) atoms. The predicted molar refractivity (Wildman–Crippen MR) is 105 cm³/mol. The van der Waals surface area contributed by atoms with Crippen LogP contribution in [0.4, 0.5) is 0 Å². The molecule has 1 fully saturated rings. The summed E-state index contributed by atoms with van der Waals surface area (Å²) in [5, 5.41) is 21.5. The van der Waals surface area contributed by atoms with Crippen molar-refractivity contribution < 1.29 is 24.5 Å². The average Bonchev–Trinajstić information content (AvgIpc) is 3.27. The number of ketones is 1. The Morgan fingerprint density at radius 2 is 1.93 bits per heavy atom. The summed E-state index contributed by atoms with van der Waals surface area (Å²) >= 11 is 4.75. The highest BCUT2D eigenvalue weighted by Crippen LogP contribution is 2.40. The highest BCUT2D eigenvalue weighted by molar-refractivity contribution is 9.10. The topological polar surface area (TPSA) is 87.1 Å². The number of hydrogen-bond donors (Lipinski definition) is 2. The van der Waals surface area contributed by atoms with Gasteiger partial charge in [0.2, 0.25) is 0 Å². The number of benzene rings is 1. The Hall–Kier alpha value is -2.00. The summed E-state index contributed by atoms with van der Waals surface area (Å²) in [5.74, 6) is -1.58. The maximum atomic E-state index is 12.7. The summed E-state index contributed by atoms with van der Waals surface area (Å²) in [7, 11) is 0. The van der Waals surface area contributed by atoms with E-state index in [-0.39, 0.29) is 37.7 Å². The number of halogens is 1. The SMILES string of the molecule is O=C1C(=O)N(CCOCCO)C(c2cccs2)C1=C(O)c1ccc(Br)cc1. The number of Topliss-reactive ketones (excluding diaryl/α,β-unsaturated/α-hetero) is 1. The van der Waals surface area contributed by atoms with E-state index < -0.39 is 17.7 Å². The molecule has 1 atom stereocenters. The lowest BCUT2D eigenvalue weighted by atomic mass is 10.00. The molecule has 1 aromatic carbocycles. The molecule has 0 aliphatic carbocycles. The number of aliphatic hydroxyl groups excluding tert-OH is 2. The number of thiophene rings is 1. The van der Waals surface area contributed by atoms with Gasteiger partial charge in [-0.1, -0.05) is 34.1 Å². The fraction of sp³-hybridized carbons (Fsp3) is 0.263. The van der Waals surface area contributed by atoms with Gasteiger partial charge in [-0.05, 0) is 23.6 Å². The van der Waals surface area contributed by atoms with E-state index in [1.165, 1.54) is 16.2 Å². The normalized spacial score (nSPS) is 19.0. The van der Waals surface area contributed by atoms with Crippen molar-refractivity contribution in [3.05, 3.63) is 62.3 Å². The minimum atomic E-state index is -0.712. The summed E-state index contributed by atoms with van der Waals surface area (Å²) in [4.78, 5) is 27.5. The molecule has 0 bridgehead atoms. The van der Waals surface area contributed by atoms with Crippen LogP contribution in [-0.2, 0) is 14.3 Å².